The first-order valence-electron chi connectivity index (χ1n) is 8.53. The second-order valence-corrected chi connectivity index (χ2v) is 13.3. The van der Waals surface area contributed by atoms with Crippen molar-refractivity contribution in [3.63, 3.8) is 0 Å². The number of carbonyl (C=O) groups is 2. The predicted molar refractivity (Wildman–Crippen MR) is 103 cm³/mol. The highest BCUT2D eigenvalue weighted by molar-refractivity contribution is 6.74. The standard InChI is InChI=1S/C18H26ClFN2O3Si/c1-18(2,3)26(5,6)25-14-10-15(23)21-16(14)17(24)22(4)11-7-8-13(20)12(19)9-11/h7-9,14,16H,10H2,1-6H3,(H,21,23)/t14-,16+/m1/s1. The third-order valence-corrected chi connectivity index (χ3v) is 10.0. The highest BCUT2D eigenvalue weighted by Gasteiger charge is 2.46. The summed E-state index contributed by atoms with van der Waals surface area (Å²) in [5, 5.41) is 2.61. The van der Waals surface area contributed by atoms with Gasteiger partial charge in [0, 0.05) is 12.7 Å². The fraction of sp³-hybridized carbons (Fsp3) is 0.556. The molecule has 0 saturated carbocycles. The Hall–Kier alpha value is -1.44. The Morgan fingerprint density at radius 2 is 2.00 bits per heavy atom. The molecular weight excluding hydrogens is 375 g/mol. The van der Waals surface area contributed by atoms with Crippen molar-refractivity contribution in [2.45, 2.75) is 57.5 Å². The molecule has 8 heteroatoms. The van der Waals surface area contributed by atoms with Crippen LogP contribution in [0.25, 0.3) is 0 Å². The number of hydrogen-bond donors (Lipinski definition) is 1. The van der Waals surface area contributed by atoms with Crippen LogP contribution in [-0.2, 0) is 14.0 Å². The molecule has 1 N–H and O–H groups in total. The summed E-state index contributed by atoms with van der Waals surface area (Å²) < 4.78 is 19.7. The minimum Gasteiger partial charge on any atom is -0.411 e. The van der Waals surface area contributed by atoms with Crippen molar-refractivity contribution in [2.75, 3.05) is 11.9 Å². The highest BCUT2D eigenvalue weighted by Crippen LogP contribution is 2.38. The van der Waals surface area contributed by atoms with Crippen molar-refractivity contribution in [1.82, 2.24) is 5.32 Å². The fourth-order valence-corrected chi connectivity index (χ4v) is 4.05. The van der Waals surface area contributed by atoms with E-state index in [0.29, 0.717) is 5.69 Å². The first-order valence-corrected chi connectivity index (χ1v) is 11.8. The van der Waals surface area contributed by atoms with E-state index in [-0.39, 0.29) is 28.3 Å². The number of halogens is 2. The van der Waals surface area contributed by atoms with Crippen LogP contribution in [0, 0.1) is 5.82 Å². The smallest absolute Gasteiger partial charge is 0.251 e. The van der Waals surface area contributed by atoms with Crippen LogP contribution in [-0.4, -0.2) is 39.3 Å². The van der Waals surface area contributed by atoms with Gasteiger partial charge in [-0.3, -0.25) is 9.59 Å². The summed E-state index contributed by atoms with van der Waals surface area (Å²) in [5.74, 6) is -1.08. The molecular formula is C18H26ClFN2O3Si. The monoisotopic (exact) mass is 400 g/mol. The second kappa shape index (κ2) is 7.29. The summed E-state index contributed by atoms with van der Waals surface area (Å²) in [7, 11) is -0.582. The van der Waals surface area contributed by atoms with E-state index >= 15 is 0 Å². The van der Waals surface area contributed by atoms with E-state index in [1.54, 1.807) is 7.05 Å². The zero-order valence-electron chi connectivity index (χ0n) is 16.0. The SMILES string of the molecule is CN(C(=O)[C@H]1NC(=O)C[C@H]1O[Si](C)(C)C(C)(C)C)c1ccc(F)c(Cl)c1. The summed E-state index contributed by atoms with van der Waals surface area (Å²) in [6.45, 7) is 10.5. The van der Waals surface area contributed by atoms with Gasteiger partial charge in [0.1, 0.15) is 11.9 Å². The van der Waals surface area contributed by atoms with Gasteiger partial charge in [-0.15, -0.1) is 0 Å². The van der Waals surface area contributed by atoms with E-state index in [1.807, 2.05) is 0 Å². The molecule has 0 radical (unpaired) electrons. The first-order chi connectivity index (χ1) is 11.8. The molecule has 0 spiro atoms. The van der Waals surface area contributed by atoms with Crippen LogP contribution >= 0.6 is 11.6 Å². The topological polar surface area (TPSA) is 58.6 Å². The lowest BCUT2D eigenvalue weighted by molar-refractivity contribution is -0.124. The minimum atomic E-state index is -2.15. The Morgan fingerprint density at radius 1 is 1.38 bits per heavy atom. The molecule has 0 aliphatic carbocycles. The molecule has 144 valence electrons. The maximum Gasteiger partial charge on any atom is 0.251 e. The first kappa shape index (κ1) is 20.9. The molecule has 2 amide bonds. The number of anilines is 1. The van der Waals surface area contributed by atoms with Crippen molar-refractivity contribution in [1.29, 1.82) is 0 Å². The van der Waals surface area contributed by atoms with Gasteiger partial charge in [-0.25, -0.2) is 4.39 Å². The number of likely N-dealkylation sites (N-methyl/N-ethyl adjacent to an activating group) is 1. The Kier molecular flexibility index (Phi) is 5.85. The van der Waals surface area contributed by atoms with Crippen LogP contribution in [0.3, 0.4) is 0 Å². The summed E-state index contributed by atoms with van der Waals surface area (Å²) in [6.07, 6.45) is -0.366. The normalized spacial score (nSPS) is 20.8. The average Bonchev–Trinajstić information content (AvgIpc) is 2.87. The molecule has 1 heterocycles. The summed E-state index contributed by atoms with van der Waals surface area (Å²) in [4.78, 5) is 26.3. The molecule has 26 heavy (non-hydrogen) atoms. The van der Waals surface area contributed by atoms with E-state index in [1.165, 1.54) is 23.1 Å². The maximum absolute atomic E-state index is 13.4. The lowest BCUT2D eigenvalue weighted by Gasteiger charge is -2.39. The number of rotatable bonds is 4. The summed E-state index contributed by atoms with van der Waals surface area (Å²) >= 11 is 5.81. The summed E-state index contributed by atoms with van der Waals surface area (Å²) in [5.41, 5.74) is 0.452. The lowest BCUT2D eigenvalue weighted by atomic mass is 10.1. The predicted octanol–water partition coefficient (Wildman–Crippen LogP) is 3.72. The van der Waals surface area contributed by atoms with Gasteiger partial charge in [-0.2, -0.15) is 0 Å². The van der Waals surface area contributed by atoms with Gasteiger partial charge >= 0.3 is 0 Å². The van der Waals surface area contributed by atoms with Crippen molar-refractivity contribution in [2.24, 2.45) is 0 Å². The quantitative estimate of drug-likeness (QED) is 0.783. The van der Waals surface area contributed by atoms with E-state index < -0.39 is 26.3 Å². The van der Waals surface area contributed by atoms with Gasteiger partial charge in [-0.1, -0.05) is 32.4 Å². The number of carbonyl (C=O) groups excluding carboxylic acids is 2. The number of amides is 2. The van der Waals surface area contributed by atoms with Crippen LogP contribution in [0.4, 0.5) is 10.1 Å². The number of nitrogens with one attached hydrogen (secondary N) is 1. The van der Waals surface area contributed by atoms with E-state index in [0.717, 1.165) is 0 Å². The van der Waals surface area contributed by atoms with Crippen LogP contribution in [0.1, 0.15) is 27.2 Å². The van der Waals surface area contributed by atoms with E-state index in [2.05, 4.69) is 39.2 Å². The van der Waals surface area contributed by atoms with Gasteiger partial charge in [0.15, 0.2) is 8.32 Å². The maximum atomic E-state index is 13.4. The second-order valence-electron chi connectivity index (χ2n) is 8.16. The number of benzene rings is 1. The van der Waals surface area contributed by atoms with Gasteiger partial charge < -0.3 is 14.6 Å². The van der Waals surface area contributed by atoms with Crippen molar-refractivity contribution < 1.29 is 18.4 Å². The molecule has 1 aromatic rings. The third kappa shape index (κ3) is 4.27. The van der Waals surface area contributed by atoms with E-state index in [4.69, 9.17) is 16.0 Å². The van der Waals surface area contributed by atoms with Crippen molar-refractivity contribution in [3.05, 3.63) is 29.0 Å². The number of hydrogen-bond acceptors (Lipinski definition) is 3. The molecule has 1 aliphatic rings. The van der Waals surface area contributed by atoms with Crippen LogP contribution in [0.5, 0.6) is 0 Å². The van der Waals surface area contributed by atoms with Gasteiger partial charge in [0.05, 0.1) is 17.5 Å². The molecule has 2 atom stereocenters. The Morgan fingerprint density at radius 3 is 2.54 bits per heavy atom. The molecule has 0 bridgehead atoms. The van der Waals surface area contributed by atoms with Crippen LogP contribution in [0.15, 0.2) is 18.2 Å². The van der Waals surface area contributed by atoms with Crippen LogP contribution < -0.4 is 10.2 Å². The zero-order valence-corrected chi connectivity index (χ0v) is 17.8. The summed E-state index contributed by atoms with van der Waals surface area (Å²) in [6, 6.07) is 3.29. The lowest BCUT2D eigenvalue weighted by Crippen LogP contribution is -2.52. The van der Waals surface area contributed by atoms with Gasteiger partial charge in [0.25, 0.3) is 5.91 Å². The Labute approximate surface area is 160 Å². The van der Waals surface area contributed by atoms with Crippen LogP contribution in [0.2, 0.25) is 23.2 Å². The van der Waals surface area contributed by atoms with Crippen molar-refractivity contribution >= 4 is 37.4 Å². The minimum absolute atomic E-state index is 0.0391. The number of nitrogens with zero attached hydrogens (tertiary/aromatic N) is 1. The largest absolute Gasteiger partial charge is 0.411 e. The molecule has 1 fully saturated rings. The molecule has 2 rings (SSSR count). The van der Waals surface area contributed by atoms with Gasteiger partial charge in [0.2, 0.25) is 5.91 Å². The average molecular weight is 401 g/mol. The third-order valence-electron chi connectivity index (χ3n) is 5.21. The zero-order chi connectivity index (χ0) is 19.9. The molecule has 1 aromatic carbocycles. The Balaban J connectivity index is 2.22. The fourth-order valence-electron chi connectivity index (χ4n) is 2.54. The molecule has 0 aromatic heterocycles. The van der Waals surface area contributed by atoms with Crippen molar-refractivity contribution in [3.8, 4) is 0 Å². The molecule has 1 saturated heterocycles. The molecule has 1 aliphatic heterocycles. The molecule has 0 unspecified atom stereocenters. The van der Waals surface area contributed by atoms with Gasteiger partial charge in [-0.05, 0) is 36.3 Å². The highest BCUT2D eigenvalue weighted by atomic mass is 35.5. The Bertz CT molecular complexity index is 721. The van der Waals surface area contributed by atoms with E-state index in [9.17, 15) is 14.0 Å². The molecule has 5 nitrogen and oxygen atoms in total.